The second-order valence-electron chi connectivity index (χ2n) is 6.19. The van der Waals surface area contributed by atoms with Crippen LogP contribution in [0.2, 0.25) is 0 Å². The smallest absolute Gasteiger partial charge is 0.302 e. The Balaban J connectivity index is 1.79. The van der Waals surface area contributed by atoms with Crippen LogP contribution in [0.15, 0.2) is 0 Å². The summed E-state index contributed by atoms with van der Waals surface area (Å²) in [5.41, 5.74) is 0.539. The Hall–Kier alpha value is -0.530. The average Bonchev–Trinajstić information content (AvgIpc) is 2.73. The molecule has 16 heavy (non-hydrogen) atoms. The van der Waals surface area contributed by atoms with Crippen LogP contribution < -0.4 is 0 Å². The minimum Gasteiger partial charge on any atom is -0.463 e. The number of rotatable bonds is 4. The molecule has 2 aliphatic carbocycles. The molecule has 2 saturated carbocycles. The Morgan fingerprint density at radius 3 is 2.75 bits per heavy atom. The summed E-state index contributed by atoms with van der Waals surface area (Å²) in [6, 6.07) is 0. The van der Waals surface area contributed by atoms with E-state index in [-0.39, 0.29) is 12.1 Å². The summed E-state index contributed by atoms with van der Waals surface area (Å²) in [6.45, 7) is 5.95. The number of carbonyl (C=O) groups is 1. The van der Waals surface area contributed by atoms with Crippen LogP contribution in [0.25, 0.3) is 0 Å². The minimum atomic E-state index is -0.148. The predicted molar refractivity (Wildman–Crippen MR) is 64.0 cm³/mol. The summed E-state index contributed by atoms with van der Waals surface area (Å²) in [5.74, 6) is 1.80. The third-order valence-electron chi connectivity index (χ3n) is 4.77. The van der Waals surface area contributed by atoms with Crippen LogP contribution in [-0.2, 0) is 9.53 Å². The lowest BCUT2D eigenvalue weighted by Gasteiger charge is -2.34. The van der Waals surface area contributed by atoms with Gasteiger partial charge in [0.15, 0.2) is 0 Å². The van der Waals surface area contributed by atoms with Crippen LogP contribution in [0.3, 0.4) is 0 Å². The molecule has 0 spiro atoms. The van der Waals surface area contributed by atoms with Gasteiger partial charge in [-0.3, -0.25) is 4.79 Å². The number of esters is 1. The Morgan fingerprint density at radius 1 is 1.50 bits per heavy atom. The highest BCUT2D eigenvalue weighted by Crippen LogP contribution is 2.57. The topological polar surface area (TPSA) is 26.3 Å². The third-order valence-corrected chi connectivity index (χ3v) is 4.77. The van der Waals surface area contributed by atoms with Gasteiger partial charge in [-0.15, -0.1) is 0 Å². The quantitative estimate of drug-likeness (QED) is 0.683. The number of fused-ring (bicyclic) bond motifs is 2. The normalized spacial score (nSPS) is 38.7. The van der Waals surface area contributed by atoms with Crippen molar-refractivity contribution < 1.29 is 9.53 Å². The van der Waals surface area contributed by atoms with Gasteiger partial charge in [-0.1, -0.05) is 13.3 Å². The van der Waals surface area contributed by atoms with Crippen molar-refractivity contribution in [1.29, 1.82) is 0 Å². The van der Waals surface area contributed by atoms with Crippen molar-refractivity contribution in [2.24, 2.45) is 17.3 Å². The molecule has 0 aliphatic heterocycles. The van der Waals surface area contributed by atoms with E-state index in [1.165, 1.54) is 39.0 Å². The van der Waals surface area contributed by atoms with Gasteiger partial charge < -0.3 is 4.74 Å². The van der Waals surface area contributed by atoms with Gasteiger partial charge in [-0.2, -0.15) is 0 Å². The molecular weight excluding hydrogens is 200 g/mol. The van der Waals surface area contributed by atoms with Crippen molar-refractivity contribution in [1.82, 2.24) is 0 Å². The van der Waals surface area contributed by atoms with Gasteiger partial charge in [-0.25, -0.2) is 0 Å². The van der Waals surface area contributed by atoms with Crippen molar-refractivity contribution in [3.8, 4) is 0 Å². The first kappa shape index (κ1) is 11.9. The summed E-state index contributed by atoms with van der Waals surface area (Å²) >= 11 is 0. The molecule has 2 bridgehead atoms. The van der Waals surface area contributed by atoms with Crippen LogP contribution in [0.4, 0.5) is 0 Å². The molecule has 2 nitrogen and oxygen atoms in total. The average molecular weight is 224 g/mol. The summed E-state index contributed by atoms with van der Waals surface area (Å²) in [7, 11) is 0. The Kier molecular flexibility index (Phi) is 3.27. The SMILES string of the molecule is CC(=O)O[C@@H](C)CC[C@@]1(C)C[C@@H]2CC[C@@H]1C2. The molecule has 0 unspecified atom stereocenters. The number of ether oxygens (including phenoxy) is 1. The van der Waals surface area contributed by atoms with Crippen molar-refractivity contribution >= 4 is 5.97 Å². The van der Waals surface area contributed by atoms with E-state index >= 15 is 0 Å². The second-order valence-corrected chi connectivity index (χ2v) is 6.19. The molecule has 2 heteroatoms. The van der Waals surface area contributed by atoms with Gasteiger partial charge in [0.2, 0.25) is 0 Å². The van der Waals surface area contributed by atoms with Gasteiger partial charge in [0, 0.05) is 6.92 Å². The molecule has 2 rings (SSSR count). The molecule has 0 radical (unpaired) electrons. The van der Waals surface area contributed by atoms with E-state index in [1.54, 1.807) is 0 Å². The standard InChI is InChI=1S/C14H24O2/c1-10(16-11(2)15)6-7-14(3)9-12-4-5-13(14)8-12/h10,12-13H,4-9H2,1-3H3/t10-,12+,13+,14-/m0/s1. The minimum absolute atomic E-state index is 0.0912. The fraction of sp³-hybridized carbons (Fsp3) is 0.929. The van der Waals surface area contributed by atoms with Crippen molar-refractivity contribution in [2.45, 2.75) is 65.4 Å². The highest BCUT2D eigenvalue weighted by Gasteiger charge is 2.47. The van der Waals surface area contributed by atoms with Crippen LogP contribution >= 0.6 is 0 Å². The Labute approximate surface area is 98.7 Å². The van der Waals surface area contributed by atoms with E-state index in [2.05, 4.69) is 6.92 Å². The summed E-state index contributed by atoms with van der Waals surface area (Å²) in [5, 5.41) is 0. The van der Waals surface area contributed by atoms with Gasteiger partial charge >= 0.3 is 5.97 Å². The highest BCUT2D eigenvalue weighted by molar-refractivity contribution is 5.66. The van der Waals surface area contributed by atoms with Crippen molar-refractivity contribution in [2.75, 3.05) is 0 Å². The summed E-state index contributed by atoms with van der Waals surface area (Å²) in [4.78, 5) is 10.8. The van der Waals surface area contributed by atoms with Crippen LogP contribution in [0, 0.1) is 17.3 Å². The van der Waals surface area contributed by atoms with E-state index in [0.29, 0.717) is 5.41 Å². The zero-order valence-corrected chi connectivity index (χ0v) is 10.8. The lowest BCUT2D eigenvalue weighted by Crippen LogP contribution is -2.26. The van der Waals surface area contributed by atoms with Crippen LogP contribution in [0.1, 0.15) is 59.3 Å². The van der Waals surface area contributed by atoms with Gasteiger partial charge in [0.05, 0.1) is 6.10 Å². The molecular formula is C14H24O2. The zero-order chi connectivity index (χ0) is 11.8. The molecule has 0 aromatic rings. The maximum atomic E-state index is 10.8. The molecule has 0 aromatic carbocycles. The van der Waals surface area contributed by atoms with Gasteiger partial charge in [0.1, 0.15) is 0 Å². The van der Waals surface area contributed by atoms with E-state index in [1.807, 2.05) is 6.92 Å². The van der Waals surface area contributed by atoms with Crippen molar-refractivity contribution in [3.63, 3.8) is 0 Å². The highest BCUT2D eigenvalue weighted by atomic mass is 16.5. The lowest BCUT2D eigenvalue weighted by atomic mass is 9.71. The molecule has 0 amide bonds. The second kappa shape index (κ2) is 4.38. The largest absolute Gasteiger partial charge is 0.463 e. The van der Waals surface area contributed by atoms with Crippen molar-refractivity contribution in [3.05, 3.63) is 0 Å². The molecule has 0 aromatic heterocycles. The molecule has 0 N–H and O–H groups in total. The Morgan fingerprint density at radius 2 is 2.25 bits per heavy atom. The van der Waals surface area contributed by atoms with Crippen LogP contribution in [-0.4, -0.2) is 12.1 Å². The van der Waals surface area contributed by atoms with Gasteiger partial charge in [-0.05, 0) is 56.3 Å². The molecule has 92 valence electrons. The van der Waals surface area contributed by atoms with E-state index in [9.17, 15) is 4.79 Å². The fourth-order valence-corrected chi connectivity index (χ4v) is 3.90. The zero-order valence-electron chi connectivity index (χ0n) is 10.8. The molecule has 0 heterocycles. The Bertz CT molecular complexity index is 274. The summed E-state index contributed by atoms with van der Waals surface area (Å²) in [6.07, 6.45) is 8.10. The molecule has 2 fully saturated rings. The maximum Gasteiger partial charge on any atom is 0.302 e. The first-order valence-electron chi connectivity index (χ1n) is 6.67. The third kappa shape index (κ3) is 2.41. The summed E-state index contributed by atoms with van der Waals surface area (Å²) < 4.78 is 5.20. The predicted octanol–water partition coefficient (Wildman–Crippen LogP) is 3.54. The monoisotopic (exact) mass is 224 g/mol. The number of carbonyl (C=O) groups excluding carboxylic acids is 1. The molecule has 2 aliphatic rings. The number of hydrogen-bond acceptors (Lipinski definition) is 2. The maximum absolute atomic E-state index is 10.8. The lowest BCUT2D eigenvalue weighted by molar-refractivity contribution is -0.146. The number of hydrogen-bond donors (Lipinski definition) is 0. The van der Waals surface area contributed by atoms with Crippen LogP contribution in [0.5, 0.6) is 0 Å². The fourth-order valence-electron chi connectivity index (χ4n) is 3.90. The van der Waals surface area contributed by atoms with E-state index in [0.717, 1.165) is 18.3 Å². The molecule has 0 saturated heterocycles. The van der Waals surface area contributed by atoms with E-state index in [4.69, 9.17) is 4.74 Å². The molecule has 4 atom stereocenters. The first-order chi connectivity index (χ1) is 7.49. The first-order valence-corrected chi connectivity index (χ1v) is 6.67. The van der Waals surface area contributed by atoms with Gasteiger partial charge in [0.25, 0.3) is 0 Å². The van der Waals surface area contributed by atoms with E-state index < -0.39 is 0 Å².